The van der Waals surface area contributed by atoms with Crippen LogP contribution in [0.25, 0.3) is 11.1 Å². The number of benzene rings is 1. The first-order valence-corrected chi connectivity index (χ1v) is 9.80. The second kappa shape index (κ2) is 4.89. The summed E-state index contributed by atoms with van der Waals surface area (Å²) in [5, 5.41) is 1.72. The second-order valence-corrected chi connectivity index (χ2v) is 9.18. The van der Waals surface area contributed by atoms with Gasteiger partial charge in [0.2, 0.25) is 0 Å². The molecule has 1 aromatic carbocycles. The van der Waals surface area contributed by atoms with E-state index in [1.807, 2.05) is 0 Å². The van der Waals surface area contributed by atoms with Crippen LogP contribution in [0.1, 0.15) is 44.0 Å². The molecule has 0 aliphatic heterocycles. The SMILES string of the molecule is CC1=C(C)C([si]2cccc3c2Cc2ccccc2-3)C(C)=C1C. The predicted molar refractivity (Wildman–Crippen MR) is 96.4 cm³/mol. The zero-order chi connectivity index (χ0) is 15.4. The van der Waals surface area contributed by atoms with Gasteiger partial charge in [0.15, 0.2) is 0 Å². The van der Waals surface area contributed by atoms with Gasteiger partial charge in [-0.3, -0.25) is 0 Å². The normalized spacial score (nSPS) is 17.3. The van der Waals surface area contributed by atoms with Gasteiger partial charge in [0, 0.05) is 5.54 Å². The minimum Gasteiger partial charge on any atom is -0.0769 e. The molecule has 0 fully saturated rings. The van der Waals surface area contributed by atoms with E-state index < -0.39 is 8.40 Å². The topological polar surface area (TPSA) is 0 Å². The largest absolute Gasteiger partial charge is 0.0769 e. The summed E-state index contributed by atoms with van der Waals surface area (Å²) in [6, 6.07) is 13.6. The molecule has 4 rings (SSSR count). The molecule has 0 bridgehead atoms. The molecule has 0 N–H and O–H groups in total. The van der Waals surface area contributed by atoms with Crippen molar-refractivity contribution in [2.45, 2.75) is 39.7 Å². The van der Waals surface area contributed by atoms with Crippen LogP contribution in [0.2, 0.25) is 0 Å². The molecular formula is C21H22Si. The lowest BCUT2D eigenvalue weighted by Crippen LogP contribution is -2.15. The second-order valence-electron chi connectivity index (χ2n) is 6.76. The van der Waals surface area contributed by atoms with E-state index in [1.54, 1.807) is 16.3 Å². The summed E-state index contributed by atoms with van der Waals surface area (Å²) in [5.74, 6) is 0. The fraction of sp³-hybridized carbons (Fsp3) is 0.286. The fourth-order valence-corrected chi connectivity index (χ4v) is 7.60. The Morgan fingerprint density at radius 2 is 1.45 bits per heavy atom. The lowest BCUT2D eigenvalue weighted by atomic mass is 10.1. The molecule has 1 heterocycles. The van der Waals surface area contributed by atoms with Crippen molar-refractivity contribution in [3.05, 3.63) is 75.1 Å². The average molecular weight is 302 g/mol. The van der Waals surface area contributed by atoms with Crippen molar-refractivity contribution < 1.29 is 0 Å². The Bertz CT molecular complexity index is 828. The number of fused-ring (bicyclic) bond motifs is 3. The van der Waals surface area contributed by atoms with Crippen LogP contribution in [0.5, 0.6) is 0 Å². The molecule has 2 aliphatic carbocycles. The van der Waals surface area contributed by atoms with Gasteiger partial charge in [0.25, 0.3) is 0 Å². The molecule has 1 aromatic heterocycles. The third-order valence-corrected chi connectivity index (χ3v) is 8.99. The Kier molecular flexibility index (Phi) is 3.09. The van der Waals surface area contributed by atoms with Crippen LogP contribution in [0, 0.1) is 0 Å². The highest BCUT2D eigenvalue weighted by Gasteiger charge is 2.30. The molecule has 0 saturated carbocycles. The predicted octanol–water partition coefficient (Wildman–Crippen LogP) is 5.51. The summed E-state index contributed by atoms with van der Waals surface area (Å²) < 4.78 is 0. The van der Waals surface area contributed by atoms with E-state index in [2.05, 4.69) is 69.8 Å². The number of hydrogen-bond acceptors (Lipinski definition) is 0. The van der Waals surface area contributed by atoms with Crippen LogP contribution in [-0.4, -0.2) is 8.40 Å². The van der Waals surface area contributed by atoms with Crippen LogP contribution in [0.3, 0.4) is 0 Å². The fourth-order valence-electron chi connectivity index (χ4n) is 4.27. The van der Waals surface area contributed by atoms with E-state index in [1.165, 1.54) is 27.8 Å². The highest BCUT2D eigenvalue weighted by molar-refractivity contribution is 6.57. The van der Waals surface area contributed by atoms with Gasteiger partial charge in [-0.05, 0) is 62.0 Å². The third-order valence-electron chi connectivity index (χ3n) is 5.81. The van der Waals surface area contributed by atoms with Crippen molar-refractivity contribution in [2.75, 3.05) is 0 Å². The smallest absolute Gasteiger partial charge is 0.0534 e. The molecule has 1 heteroatoms. The molecule has 0 radical (unpaired) electrons. The van der Waals surface area contributed by atoms with Crippen LogP contribution in [-0.2, 0) is 6.42 Å². The van der Waals surface area contributed by atoms with E-state index in [-0.39, 0.29) is 0 Å². The number of hydrogen-bond donors (Lipinski definition) is 0. The van der Waals surface area contributed by atoms with Gasteiger partial charge in [-0.2, -0.15) is 0 Å². The molecule has 0 unspecified atom stereocenters. The Labute approximate surface area is 134 Å². The van der Waals surface area contributed by atoms with Crippen molar-refractivity contribution in [1.82, 2.24) is 0 Å². The Hall–Kier alpha value is -1.73. The molecule has 2 aromatic rings. The van der Waals surface area contributed by atoms with Gasteiger partial charge in [-0.15, -0.1) is 0 Å². The first-order valence-electron chi connectivity index (χ1n) is 8.14. The van der Waals surface area contributed by atoms with Crippen molar-refractivity contribution >= 4 is 8.40 Å². The summed E-state index contributed by atoms with van der Waals surface area (Å²) >= 11 is 0. The molecule has 0 spiro atoms. The van der Waals surface area contributed by atoms with E-state index in [0.29, 0.717) is 5.54 Å². The van der Waals surface area contributed by atoms with E-state index in [9.17, 15) is 0 Å². The van der Waals surface area contributed by atoms with Crippen LogP contribution in [0.4, 0.5) is 0 Å². The number of allylic oxidation sites excluding steroid dienone is 4. The summed E-state index contributed by atoms with van der Waals surface area (Å²) in [6.07, 6.45) is 1.16. The zero-order valence-electron chi connectivity index (χ0n) is 13.8. The van der Waals surface area contributed by atoms with Crippen molar-refractivity contribution in [1.29, 1.82) is 0 Å². The molecule has 110 valence electrons. The van der Waals surface area contributed by atoms with E-state index in [4.69, 9.17) is 0 Å². The highest BCUT2D eigenvalue weighted by Crippen LogP contribution is 2.43. The van der Waals surface area contributed by atoms with Crippen LogP contribution < -0.4 is 0 Å². The average Bonchev–Trinajstić information content (AvgIpc) is 3.00. The van der Waals surface area contributed by atoms with Gasteiger partial charge >= 0.3 is 0 Å². The summed E-state index contributed by atoms with van der Waals surface area (Å²) in [5.41, 5.74) is 14.0. The molecule has 0 amide bonds. The summed E-state index contributed by atoms with van der Waals surface area (Å²) in [4.78, 5) is 0. The molecule has 0 saturated heterocycles. The van der Waals surface area contributed by atoms with Gasteiger partial charge in [-0.25, -0.2) is 0 Å². The lowest BCUT2D eigenvalue weighted by Gasteiger charge is -2.18. The molecule has 0 atom stereocenters. The van der Waals surface area contributed by atoms with Crippen molar-refractivity contribution in [3.63, 3.8) is 0 Å². The quantitative estimate of drug-likeness (QED) is 0.520. The van der Waals surface area contributed by atoms with E-state index in [0.717, 1.165) is 6.42 Å². The maximum absolute atomic E-state index is 2.53. The van der Waals surface area contributed by atoms with Crippen molar-refractivity contribution in [3.8, 4) is 11.1 Å². The van der Waals surface area contributed by atoms with Gasteiger partial charge in [0.1, 0.15) is 0 Å². The summed E-state index contributed by atoms with van der Waals surface area (Å²) in [6.45, 7) is 9.31. The van der Waals surface area contributed by atoms with Crippen LogP contribution in [0.15, 0.2) is 64.4 Å². The first kappa shape index (κ1) is 13.9. The Morgan fingerprint density at radius 3 is 2.18 bits per heavy atom. The zero-order valence-corrected chi connectivity index (χ0v) is 14.8. The minimum absolute atomic E-state index is 0.661. The Balaban J connectivity index is 1.91. The molecular weight excluding hydrogens is 280 g/mol. The minimum atomic E-state index is -0.678. The maximum atomic E-state index is 2.53. The lowest BCUT2D eigenvalue weighted by molar-refractivity contribution is 1.06. The number of rotatable bonds is 1. The highest BCUT2D eigenvalue weighted by atomic mass is 28.2. The van der Waals surface area contributed by atoms with Gasteiger partial charge in [0.05, 0.1) is 8.40 Å². The molecule has 0 nitrogen and oxygen atoms in total. The Morgan fingerprint density at radius 1 is 0.818 bits per heavy atom. The molecule has 22 heavy (non-hydrogen) atoms. The standard InChI is InChI=1S/C21H22Si/c1-13-14(2)16(4)21(15(13)3)22-11-7-10-19-18-9-6-5-8-17(18)12-20(19)22/h5-11,21H,12H2,1-4H3. The summed E-state index contributed by atoms with van der Waals surface area (Å²) in [7, 11) is -0.678. The van der Waals surface area contributed by atoms with E-state index >= 15 is 0 Å². The van der Waals surface area contributed by atoms with Crippen LogP contribution >= 0.6 is 0 Å². The molecule has 2 aliphatic rings. The third kappa shape index (κ3) is 1.78. The van der Waals surface area contributed by atoms with Gasteiger partial charge < -0.3 is 0 Å². The monoisotopic (exact) mass is 302 g/mol. The van der Waals surface area contributed by atoms with Crippen molar-refractivity contribution in [2.24, 2.45) is 0 Å². The van der Waals surface area contributed by atoms with Gasteiger partial charge in [-0.1, -0.05) is 58.4 Å². The first-order chi connectivity index (χ1) is 10.6. The maximum Gasteiger partial charge on any atom is 0.0534 e.